The van der Waals surface area contributed by atoms with Gasteiger partial charge in [-0.05, 0) is 13.0 Å². The summed E-state index contributed by atoms with van der Waals surface area (Å²) in [7, 11) is 0. The third-order valence-corrected chi connectivity index (χ3v) is 1.90. The van der Waals surface area contributed by atoms with Gasteiger partial charge in [-0.1, -0.05) is 23.8 Å². The van der Waals surface area contributed by atoms with Crippen LogP contribution in [0.2, 0.25) is 5.02 Å². The second-order valence-electron chi connectivity index (χ2n) is 3.42. The molecule has 1 rings (SSSR count). The highest BCUT2D eigenvalue weighted by atomic mass is 35.5. The Morgan fingerprint density at radius 3 is 3.06 bits per heavy atom. The van der Waals surface area contributed by atoms with Gasteiger partial charge in [-0.25, -0.2) is 9.37 Å². The molecule has 0 radical (unpaired) electrons. The number of rotatable bonds is 6. The van der Waals surface area contributed by atoms with Gasteiger partial charge in [-0.3, -0.25) is 0 Å². The number of nitrogens with zero attached hydrogens (tertiary/aromatic N) is 1. The lowest BCUT2D eigenvalue weighted by atomic mass is 10.4. The summed E-state index contributed by atoms with van der Waals surface area (Å²) >= 11 is 5.57. The lowest BCUT2D eigenvalue weighted by Gasteiger charge is -2.07. The molecule has 0 unspecified atom stereocenters. The molecule has 3 nitrogen and oxygen atoms in total. The minimum absolute atomic E-state index is 0.184. The number of ether oxygens (including phenoxy) is 1. The number of hydrogen-bond donors (Lipinski definition) is 1. The number of pyridine rings is 1. The zero-order chi connectivity index (χ0) is 12.0. The van der Waals surface area contributed by atoms with Crippen molar-refractivity contribution in [3.63, 3.8) is 0 Å². The van der Waals surface area contributed by atoms with Crippen molar-refractivity contribution in [2.75, 3.05) is 25.1 Å². The Hall–Kier alpha value is -1.13. The number of hydrogen-bond acceptors (Lipinski definition) is 3. The summed E-state index contributed by atoms with van der Waals surface area (Å²) in [5, 5.41) is 3.09. The molecule has 1 aromatic heterocycles. The van der Waals surface area contributed by atoms with Crippen LogP contribution in [-0.4, -0.2) is 24.7 Å². The fourth-order valence-electron chi connectivity index (χ4n) is 1.03. The van der Waals surface area contributed by atoms with Crippen molar-refractivity contribution in [3.05, 3.63) is 35.3 Å². The molecule has 0 bridgehead atoms. The topological polar surface area (TPSA) is 34.1 Å². The van der Waals surface area contributed by atoms with Gasteiger partial charge in [0, 0.05) is 12.7 Å². The first-order chi connectivity index (χ1) is 7.59. The summed E-state index contributed by atoms with van der Waals surface area (Å²) < 4.78 is 18.5. The monoisotopic (exact) mass is 244 g/mol. The Labute approximate surface area is 99.3 Å². The first kappa shape index (κ1) is 12.9. The fourth-order valence-corrected chi connectivity index (χ4v) is 1.18. The molecule has 0 amide bonds. The fraction of sp³-hybridized carbons (Fsp3) is 0.364. The van der Waals surface area contributed by atoms with E-state index in [-0.39, 0.29) is 10.8 Å². The van der Waals surface area contributed by atoms with Crippen LogP contribution in [0.3, 0.4) is 0 Å². The molecule has 0 spiro atoms. The van der Waals surface area contributed by atoms with Crippen LogP contribution in [0.5, 0.6) is 0 Å². The van der Waals surface area contributed by atoms with Crippen molar-refractivity contribution >= 4 is 17.4 Å². The molecular weight excluding hydrogens is 231 g/mol. The molecule has 0 saturated heterocycles. The van der Waals surface area contributed by atoms with E-state index in [0.29, 0.717) is 19.8 Å². The Kier molecular flexibility index (Phi) is 5.22. The summed E-state index contributed by atoms with van der Waals surface area (Å²) in [5.74, 6) is -0.282. The first-order valence-corrected chi connectivity index (χ1v) is 5.24. The molecule has 16 heavy (non-hydrogen) atoms. The molecule has 0 atom stereocenters. The van der Waals surface area contributed by atoms with Crippen LogP contribution in [0, 0.1) is 5.82 Å². The Balaban J connectivity index is 2.29. The molecule has 0 aliphatic carbocycles. The summed E-state index contributed by atoms with van der Waals surface area (Å²) in [6.07, 6.45) is 1.39. The largest absolute Gasteiger partial charge is 0.375 e. The minimum Gasteiger partial charge on any atom is -0.375 e. The Morgan fingerprint density at radius 1 is 1.69 bits per heavy atom. The predicted molar refractivity (Wildman–Crippen MR) is 63.3 cm³/mol. The maximum absolute atomic E-state index is 13.2. The van der Waals surface area contributed by atoms with Crippen LogP contribution in [-0.2, 0) is 4.74 Å². The van der Waals surface area contributed by atoms with E-state index in [9.17, 15) is 4.39 Å². The van der Waals surface area contributed by atoms with E-state index in [1.54, 1.807) is 0 Å². The lowest BCUT2D eigenvalue weighted by Crippen LogP contribution is -2.12. The number of aromatic nitrogens is 1. The van der Waals surface area contributed by atoms with E-state index >= 15 is 0 Å². The van der Waals surface area contributed by atoms with Crippen molar-refractivity contribution in [1.82, 2.24) is 4.98 Å². The molecule has 0 aliphatic heterocycles. The van der Waals surface area contributed by atoms with Crippen LogP contribution in [0.15, 0.2) is 24.4 Å². The smallest absolute Gasteiger partial charge is 0.166 e. The molecule has 88 valence electrons. The zero-order valence-corrected chi connectivity index (χ0v) is 9.85. The third kappa shape index (κ3) is 4.59. The second-order valence-corrected chi connectivity index (χ2v) is 3.86. The lowest BCUT2D eigenvalue weighted by molar-refractivity contribution is 0.167. The van der Waals surface area contributed by atoms with Gasteiger partial charge in [0.25, 0.3) is 0 Å². The standard InChI is InChI=1S/C11H14ClFN2O/c1-8(2)7-16-4-3-14-11-10(13)5-9(12)6-15-11/h5-6H,1,3-4,7H2,2H3,(H,14,15). The van der Waals surface area contributed by atoms with Crippen molar-refractivity contribution in [1.29, 1.82) is 0 Å². The van der Waals surface area contributed by atoms with Crippen molar-refractivity contribution in [3.8, 4) is 0 Å². The van der Waals surface area contributed by atoms with E-state index in [1.807, 2.05) is 6.92 Å². The number of nitrogens with one attached hydrogen (secondary N) is 1. The molecule has 1 heterocycles. The average Bonchev–Trinajstić information content (AvgIpc) is 2.20. The SMILES string of the molecule is C=C(C)COCCNc1ncc(Cl)cc1F. The highest BCUT2D eigenvalue weighted by molar-refractivity contribution is 6.30. The third-order valence-electron chi connectivity index (χ3n) is 1.70. The average molecular weight is 245 g/mol. The number of anilines is 1. The van der Waals surface area contributed by atoms with Crippen LogP contribution < -0.4 is 5.32 Å². The normalized spacial score (nSPS) is 10.2. The van der Waals surface area contributed by atoms with Gasteiger partial charge in [-0.2, -0.15) is 0 Å². The van der Waals surface area contributed by atoms with E-state index < -0.39 is 5.82 Å². The molecule has 1 aromatic rings. The van der Waals surface area contributed by atoms with E-state index in [1.165, 1.54) is 12.3 Å². The number of halogens is 2. The van der Waals surface area contributed by atoms with Gasteiger partial charge < -0.3 is 10.1 Å². The highest BCUT2D eigenvalue weighted by Gasteiger charge is 2.03. The van der Waals surface area contributed by atoms with Gasteiger partial charge in [0.1, 0.15) is 0 Å². The van der Waals surface area contributed by atoms with E-state index in [0.717, 1.165) is 5.57 Å². The minimum atomic E-state index is -0.465. The van der Waals surface area contributed by atoms with E-state index in [4.69, 9.17) is 16.3 Å². The van der Waals surface area contributed by atoms with Crippen LogP contribution in [0.25, 0.3) is 0 Å². The molecule has 5 heteroatoms. The first-order valence-electron chi connectivity index (χ1n) is 4.86. The summed E-state index contributed by atoms with van der Waals surface area (Å²) in [6, 6.07) is 1.21. The maximum atomic E-state index is 13.2. The predicted octanol–water partition coefficient (Wildman–Crippen LogP) is 2.88. The molecular formula is C11H14ClFN2O. The van der Waals surface area contributed by atoms with E-state index in [2.05, 4.69) is 16.9 Å². The summed E-state index contributed by atoms with van der Waals surface area (Å²) in [4.78, 5) is 3.82. The van der Waals surface area contributed by atoms with Crippen molar-refractivity contribution in [2.45, 2.75) is 6.92 Å². The van der Waals surface area contributed by atoms with Crippen LogP contribution in [0.1, 0.15) is 6.92 Å². The van der Waals surface area contributed by atoms with Crippen molar-refractivity contribution in [2.24, 2.45) is 0 Å². The Bertz CT molecular complexity index is 371. The summed E-state index contributed by atoms with van der Waals surface area (Å²) in [6.45, 7) is 7.05. The van der Waals surface area contributed by atoms with Gasteiger partial charge >= 0.3 is 0 Å². The van der Waals surface area contributed by atoms with Gasteiger partial charge in [0.05, 0.1) is 18.2 Å². The molecule has 1 N–H and O–H groups in total. The highest BCUT2D eigenvalue weighted by Crippen LogP contribution is 2.14. The van der Waals surface area contributed by atoms with Gasteiger partial charge in [-0.15, -0.1) is 0 Å². The quantitative estimate of drug-likeness (QED) is 0.617. The van der Waals surface area contributed by atoms with Gasteiger partial charge in [0.15, 0.2) is 11.6 Å². The van der Waals surface area contributed by atoms with Crippen LogP contribution >= 0.6 is 11.6 Å². The molecule has 0 aliphatic rings. The van der Waals surface area contributed by atoms with Gasteiger partial charge in [0.2, 0.25) is 0 Å². The summed E-state index contributed by atoms with van der Waals surface area (Å²) in [5.41, 5.74) is 0.954. The van der Waals surface area contributed by atoms with Crippen LogP contribution in [0.4, 0.5) is 10.2 Å². The molecule has 0 saturated carbocycles. The Morgan fingerprint density at radius 2 is 2.44 bits per heavy atom. The second kappa shape index (κ2) is 6.45. The zero-order valence-electron chi connectivity index (χ0n) is 9.09. The molecule has 0 fully saturated rings. The molecule has 0 aromatic carbocycles. The maximum Gasteiger partial charge on any atom is 0.166 e. The van der Waals surface area contributed by atoms with Crippen molar-refractivity contribution < 1.29 is 9.13 Å².